The van der Waals surface area contributed by atoms with Crippen LogP contribution in [-0.4, -0.2) is 39.7 Å². The van der Waals surface area contributed by atoms with Crippen LogP contribution in [-0.2, 0) is 18.3 Å². The van der Waals surface area contributed by atoms with Crippen molar-refractivity contribution in [1.29, 1.82) is 0 Å². The number of likely N-dealkylation sites (tertiary alicyclic amines) is 1. The predicted molar refractivity (Wildman–Crippen MR) is 91.5 cm³/mol. The molecule has 1 N–H and O–H groups in total. The van der Waals surface area contributed by atoms with Gasteiger partial charge in [0.25, 0.3) is 0 Å². The fraction of sp³-hybridized carbons (Fsp3) is 0.556. The maximum absolute atomic E-state index is 12.3. The molecule has 1 fully saturated rings. The number of nitrogens with zero attached hydrogens (tertiary/aromatic N) is 3. The molecule has 1 saturated heterocycles. The smallest absolute Gasteiger partial charge is 0.224 e. The number of furan rings is 1. The van der Waals surface area contributed by atoms with E-state index in [1.54, 1.807) is 6.26 Å². The van der Waals surface area contributed by atoms with E-state index >= 15 is 0 Å². The van der Waals surface area contributed by atoms with Crippen molar-refractivity contribution in [3.8, 4) is 0 Å². The highest BCUT2D eigenvalue weighted by atomic mass is 16.3. The predicted octanol–water partition coefficient (Wildman–Crippen LogP) is 2.20. The molecule has 24 heavy (non-hydrogen) atoms. The fourth-order valence-corrected chi connectivity index (χ4v) is 3.51. The van der Waals surface area contributed by atoms with Crippen molar-refractivity contribution < 1.29 is 9.21 Å². The van der Waals surface area contributed by atoms with Crippen molar-refractivity contribution in [2.45, 2.75) is 51.2 Å². The van der Waals surface area contributed by atoms with Gasteiger partial charge in [-0.3, -0.25) is 9.48 Å². The average molecular weight is 330 g/mol. The lowest BCUT2D eigenvalue weighted by Gasteiger charge is -2.28. The van der Waals surface area contributed by atoms with Crippen LogP contribution in [0.4, 0.5) is 0 Å². The quantitative estimate of drug-likeness (QED) is 0.882. The zero-order valence-corrected chi connectivity index (χ0v) is 14.8. The maximum Gasteiger partial charge on any atom is 0.224 e. The van der Waals surface area contributed by atoms with Crippen molar-refractivity contribution in [2.24, 2.45) is 7.05 Å². The minimum absolute atomic E-state index is 0.0391. The molecule has 3 rings (SSSR count). The van der Waals surface area contributed by atoms with Crippen LogP contribution in [0.2, 0.25) is 0 Å². The summed E-state index contributed by atoms with van der Waals surface area (Å²) in [7, 11) is 3.82. The van der Waals surface area contributed by atoms with Crippen LogP contribution in [0.15, 0.2) is 29.0 Å². The second kappa shape index (κ2) is 6.81. The van der Waals surface area contributed by atoms with Crippen molar-refractivity contribution >= 4 is 5.91 Å². The zero-order valence-electron chi connectivity index (χ0n) is 14.8. The summed E-state index contributed by atoms with van der Waals surface area (Å²) in [5, 5.41) is 7.99. The zero-order chi connectivity index (χ0) is 17.3. The molecule has 1 amide bonds. The van der Waals surface area contributed by atoms with Crippen LogP contribution in [0.1, 0.15) is 42.8 Å². The van der Waals surface area contributed by atoms with Crippen LogP contribution < -0.4 is 5.32 Å². The highest BCUT2D eigenvalue weighted by Crippen LogP contribution is 2.33. The number of hydrogen-bond acceptors (Lipinski definition) is 4. The number of rotatable bonds is 6. The molecule has 3 heterocycles. The molecule has 0 saturated carbocycles. The van der Waals surface area contributed by atoms with Gasteiger partial charge in [-0.15, -0.1) is 0 Å². The molecule has 0 spiro atoms. The normalized spacial score (nSPS) is 22.3. The minimum atomic E-state index is 0.0391. The Morgan fingerprint density at radius 3 is 2.88 bits per heavy atom. The first kappa shape index (κ1) is 16.8. The molecule has 0 bridgehead atoms. The van der Waals surface area contributed by atoms with E-state index in [9.17, 15) is 4.79 Å². The summed E-state index contributed by atoms with van der Waals surface area (Å²) in [4.78, 5) is 14.1. The summed E-state index contributed by atoms with van der Waals surface area (Å²) < 4.78 is 7.26. The summed E-state index contributed by atoms with van der Waals surface area (Å²) >= 11 is 0. The van der Waals surface area contributed by atoms with Gasteiger partial charge in [0.15, 0.2) is 0 Å². The first-order valence-electron chi connectivity index (χ1n) is 8.50. The highest BCUT2D eigenvalue weighted by Gasteiger charge is 2.40. The maximum atomic E-state index is 12.3. The van der Waals surface area contributed by atoms with Gasteiger partial charge in [-0.1, -0.05) is 0 Å². The van der Waals surface area contributed by atoms with E-state index < -0.39 is 0 Å². The number of aryl methyl sites for hydroxylation is 2. The number of nitrogens with one attached hydrogen (secondary N) is 1. The Morgan fingerprint density at radius 1 is 1.46 bits per heavy atom. The summed E-state index contributed by atoms with van der Waals surface area (Å²) in [5.41, 5.74) is 2.23. The first-order chi connectivity index (χ1) is 11.5. The molecule has 2 aromatic heterocycles. The molecule has 130 valence electrons. The van der Waals surface area contributed by atoms with Crippen LogP contribution >= 0.6 is 0 Å². The number of carbonyl (C=O) groups is 1. The van der Waals surface area contributed by atoms with Crippen molar-refractivity contribution in [1.82, 2.24) is 20.0 Å². The van der Waals surface area contributed by atoms with E-state index in [4.69, 9.17) is 4.42 Å². The Labute approximate surface area is 142 Å². The van der Waals surface area contributed by atoms with Gasteiger partial charge in [-0.05, 0) is 32.4 Å². The second-order valence-electron chi connectivity index (χ2n) is 6.75. The Kier molecular flexibility index (Phi) is 4.76. The van der Waals surface area contributed by atoms with Crippen LogP contribution in [0.5, 0.6) is 0 Å². The molecule has 6 nitrogen and oxygen atoms in total. The second-order valence-corrected chi connectivity index (χ2v) is 6.75. The number of aromatic nitrogens is 2. The van der Waals surface area contributed by atoms with Gasteiger partial charge >= 0.3 is 0 Å². The SMILES string of the molecule is Cc1c([C@H]2[C@H](N[C@@H](C)CCc3ccco3)CC(=O)N2C)cnn1C. The topological polar surface area (TPSA) is 63.3 Å². The van der Waals surface area contributed by atoms with Gasteiger partial charge in [0.05, 0.1) is 18.5 Å². The molecule has 0 radical (unpaired) electrons. The summed E-state index contributed by atoms with van der Waals surface area (Å²) in [6.07, 6.45) is 5.99. The lowest BCUT2D eigenvalue weighted by atomic mass is 9.99. The van der Waals surface area contributed by atoms with Gasteiger partial charge in [-0.2, -0.15) is 5.10 Å². The van der Waals surface area contributed by atoms with Gasteiger partial charge < -0.3 is 14.6 Å². The van der Waals surface area contributed by atoms with Crippen molar-refractivity contribution in [3.63, 3.8) is 0 Å². The standard InChI is InChI=1S/C18H26N4O2/c1-12(7-8-14-6-5-9-24-14)20-16-10-17(23)21(3)18(16)15-11-19-22(4)13(15)2/h5-6,9,11-12,16,18,20H,7-8,10H2,1-4H3/t12-,16+,18-/m0/s1. The molecule has 0 aromatic carbocycles. The molecule has 1 aliphatic rings. The molecular weight excluding hydrogens is 304 g/mol. The number of hydrogen-bond donors (Lipinski definition) is 1. The molecular formula is C18H26N4O2. The van der Waals surface area contributed by atoms with E-state index in [1.807, 2.05) is 42.0 Å². The van der Waals surface area contributed by atoms with E-state index in [2.05, 4.69) is 24.3 Å². The Balaban J connectivity index is 1.68. The summed E-state index contributed by atoms with van der Waals surface area (Å²) in [6.45, 7) is 4.22. The van der Waals surface area contributed by atoms with Crippen LogP contribution in [0.3, 0.4) is 0 Å². The monoisotopic (exact) mass is 330 g/mol. The number of carbonyl (C=O) groups excluding carboxylic acids is 1. The van der Waals surface area contributed by atoms with Gasteiger partial charge in [0.2, 0.25) is 5.91 Å². The van der Waals surface area contributed by atoms with Crippen LogP contribution in [0, 0.1) is 6.92 Å². The average Bonchev–Trinajstić information content (AvgIpc) is 3.23. The number of likely N-dealkylation sites (N-methyl/N-ethyl adjacent to an activating group) is 1. The first-order valence-corrected chi connectivity index (χ1v) is 8.50. The molecule has 3 atom stereocenters. The molecule has 0 aliphatic carbocycles. The lowest BCUT2D eigenvalue weighted by Crippen LogP contribution is -2.40. The highest BCUT2D eigenvalue weighted by molar-refractivity contribution is 5.80. The summed E-state index contributed by atoms with van der Waals surface area (Å²) in [5.74, 6) is 1.18. The lowest BCUT2D eigenvalue weighted by molar-refractivity contribution is -0.127. The van der Waals surface area contributed by atoms with E-state index in [0.29, 0.717) is 12.5 Å². The van der Waals surface area contributed by atoms with Gasteiger partial charge in [0.1, 0.15) is 5.76 Å². The third kappa shape index (κ3) is 3.24. The third-order valence-corrected chi connectivity index (χ3v) is 5.08. The Hall–Kier alpha value is -2.08. The number of amides is 1. The molecule has 1 aliphatic heterocycles. The largest absolute Gasteiger partial charge is 0.469 e. The van der Waals surface area contributed by atoms with Crippen molar-refractivity contribution in [2.75, 3.05) is 7.05 Å². The van der Waals surface area contributed by atoms with Gasteiger partial charge in [0, 0.05) is 50.3 Å². The molecule has 2 aromatic rings. The van der Waals surface area contributed by atoms with E-state index in [-0.39, 0.29) is 18.0 Å². The Bertz CT molecular complexity index is 692. The minimum Gasteiger partial charge on any atom is -0.469 e. The fourth-order valence-electron chi connectivity index (χ4n) is 3.51. The molecule has 6 heteroatoms. The van der Waals surface area contributed by atoms with Crippen molar-refractivity contribution in [3.05, 3.63) is 41.6 Å². The summed E-state index contributed by atoms with van der Waals surface area (Å²) in [6, 6.07) is 4.37. The van der Waals surface area contributed by atoms with E-state index in [0.717, 1.165) is 29.9 Å². The van der Waals surface area contributed by atoms with Gasteiger partial charge in [-0.25, -0.2) is 0 Å². The third-order valence-electron chi connectivity index (χ3n) is 5.08. The Morgan fingerprint density at radius 2 is 2.25 bits per heavy atom. The van der Waals surface area contributed by atoms with Crippen LogP contribution in [0.25, 0.3) is 0 Å². The molecule has 0 unspecified atom stereocenters. The van der Waals surface area contributed by atoms with E-state index in [1.165, 1.54) is 0 Å².